The fourth-order valence-electron chi connectivity index (χ4n) is 4.83. The van der Waals surface area contributed by atoms with Crippen LogP contribution in [0.1, 0.15) is 52.4 Å². The number of rotatable bonds is 2. The Bertz CT molecular complexity index is 463. The third-order valence-corrected chi connectivity index (χ3v) is 9.21. The first-order chi connectivity index (χ1) is 11.1. The second-order valence-corrected chi connectivity index (χ2v) is 10.5. The number of carbonyl (C=O) groups is 1. The second kappa shape index (κ2) is 6.77. The number of thioether (sulfide) groups is 2. The molecule has 4 rings (SSSR count). The Labute approximate surface area is 148 Å². The van der Waals surface area contributed by atoms with E-state index in [2.05, 4.69) is 41.6 Å². The van der Waals surface area contributed by atoms with Crippen LogP contribution in [0.5, 0.6) is 0 Å². The maximum atomic E-state index is 12.7. The van der Waals surface area contributed by atoms with Gasteiger partial charge in [0.05, 0.1) is 5.37 Å². The summed E-state index contributed by atoms with van der Waals surface area (Å²) >= 11 is 4.05. The van der Waals surface area contributed by atoms with Crippen molar-refractivity contribution in [3.8, 4) is 0 Å². The van der Waals surface area contributed by atoms with Gasteiger partial charge < -0.3 is 10.6 Å². The molecule has 8 atom stereocenters. The molecule has 2 saturated carbocycles. The van der Waals surface area contributed by atoms with Gasteiger partial charge in [-0.1, -0.05) is 19.8 Å². The van der Waals surface area contributed by atoms with Crippen LogP contribution in [0.4, 0.5) is 0 Å². The first-order valence-corrected chi connectivity index (χ1v) is 11.1. The van der Waals surface area contributed by atoms with Crippen molar-refractivity contribution in [1.82, 2.24) is 16.0 Å². The van der Waals surface area contributed by atoms with Crippen LogP contribution in [-0.4, -0.2) is 39.4 Å². The Morgan fingerprint density at radius 1 is 0.957 bits per heavy atom. The topological polar surface area (TPSA) is 53.2 Å². The molecule has 0 aromatic heterocycles. The van der Waals surface area contributed by atoms with Crippen LogP contribution >= 0.6 is 23.5 Å². The SMILES string of the molecule is CC1NC2CCC3NC(NC(=O)C4CCCCC4C)SC3C2S1. The fourth-order valence-corrected chi connectivity index (χ4v) is 8.19. The number of nitrogens with one attached hydrogen (secondary N) is 3. The highest BCUT2D eigenvalue weighted by atomic mass is 32.2. The molecule has 0 aromatic carbocycles. The van der Waals surface area contributed by atoms with Crippen molar-refractivity contribution >= 4 is 29.4 Å². The first kappa shape index (κ1) is 16.6. The van der Waals surface area contributed by atoms with E-state index in [0.29, 0.717) is 33.9 Å². The minimum atomic E-state index is 0.113. The van der Waals surface area contributed by atoms with Crippen LogP contribution in [0.3, 0.4) is 0 Å². The van der Waals surface area contributed by atoms with Gasteiger partial charge >= 0.3 is 0 Å². The molecule has 2 aliphatic carbocycles. The molecule has 4 aliphatic rings. The average molecular weight is 356 g/mol. The van der Waals surface area contributed by atoms with Crippen molar-refractivity contribution in [3.63, 3.8) is 0 Å². The smallest absolute Gasteiger partial charge is 0.225 e. The zero-order chi connectivity index (χ0) is 16.0. The number of hydrogen-bond donors (Lipinski definition) is 3. The summed E-state index contributed by atoms with van der Waals surface area (Å²) in [6.07, 6.45) is 7.26. The van der Waals surface area contributed by atoms with Gasteiger partial charge in [-0.05, 0) is 38.5 Å². The number of carbonyl (C=O) groups excluding carboxylic acids is 1. The molecule has 4 nitrogen and oxygen atoms in total. The second-order valence-electron chi connectivity index (χ2n) is 7.72. The van der Waals surface area contributed by atoms with Gasteiger partial charge in [0.1, 0.15) is 5.50 Å². The van der Waals surface area contributed by atoms with E-state index in [-0.39, 0.29) is 17.3 Å². The molecule has 0 bridgehead atoms. The molecular formula is C17H29N3OS2. The lowest BCUT2D eigenvalue weighted by atomic mass is 9.80. The van der Waals surface area contributed by atoms with Crippen LogP contribution < -0.4 is 16.0 Å². The predicted octanol–water partition coefficient (Wildman–Crippen LogP) is 2.50. The summed E-state index contributed by atoms with van der Waals surface area (Å²) in [5.74, 6) is 1.05. The lowest BCUT2D eigenvalue weighted by Crippen LogP contribution is -2.50. The van der Waals surface area contributed by atoms with Gasteiger partial charge in [0.25, 0.3) is 0 Å². The summed E-state index contributed by atoms with van der Waals surface area (Å²) in [5, 5.41) is 12.6. The molecule has 2 aliphatic heterocycles. The lowest BCUT2D eigenvalue weighted by Gasteiger charge is -2.33. The normalized spacial score (nSPS) is 49.5. The van der Waals surface area contributed by atoms with E-state index in [9.17, 15) is 4.79 Å². The third-order valence-electron chi connectivity index (χ3n) is 6.10. The van der Waals surface area contributed by atoms with E-state index in [1.807, 2.05) is 11.8 Å². The molecule has 3 N–H and O–H groups in total. The van der Waals surface area contributed by atoms with Crippen LogP contribution in [0, 0.1) is 11.8 Å². The highest BCUT2D eigenvalue weighted by Gasteiger charge is 2.49. The molecule has 1 amide bonds. The highest BCUT2D eigenvalue weighted by Crippen LogP contribution is 2.45. The van der Waals surface area contributed by atoms with Crippen LogP contribution in [0.2, 0.25) is 0 Å². The molecule has 8 unspecified atom stereocenters. The van der Waals surface area contributed by atoms with E-state index in [0.717, 1.165) is 6.42 Å². The van der Waals surface area contributed by atoms with Crippen LogP contribution in [-0.2, 0) is 4.79 Å². The zero-order valence-electron chi connectivity index (χ0n) is 14.1. The number of amides is 1. The molecule has 0 aromatic rings. The van der Waals surface area contributed by atoms with Gasteiger partial charge in [0.2, 0.25) is 5.91 Å². The van der Waals surface area contributed by atoms with E-state index in [1.54, 1.807) is 0 Å². The summed E-state index contributed by atoms with van der Waals surface area (Å²) in [6, 6.07) is 1.23. The van der Waals surface area contributed by atoms with Crippen molar-refractivity contribution in [1.29, 1.82) is 0 Å². The van der Waals surface area contributed by atoms with Crippen molar-refractivity contribution in [2.24, 2.45) is 11.8 Å². The first-order valence-electron chi connectivity index (χ1n) is 9.25. The van der Waals surface area contributed by atoms with Gasteiger partial charge in [-0.3, -0.25) is 10.1 Å². The Kier molecular flexibility index (Phi) is 4.87. The molecule has 23 heavy (non-hydrogen) atoms. The third kappa shape index (κ3) is 3.29. The average Bonchev–Trinajstić information content (AvgIpc) is 3.09. The van der Waals surface area contributed by atoms with E-state index < -0.39 is 0 Å². The minimum absolute atomic E-state index is 0.113. The van der Waals surface area contributed by atoms with E-state index >= 15 is 0 Å². The van der Waals surface area contributed by atoms with Gasteiger partial charge in [-0.25, -0.2) is 0 Å². The zero-order valence-corrected chi connectivity index (χ0v) is 15.7. The summed E-state index contributed by atoms with van der Waals surface area (Å²) < 4.78 is 0. The van der Waals surface area contributed by atoms with Gasteiger partial charge in [0, 0.05) is 28.5 Å². The molecule has 130 valence electrons. The predicted molar refractivity (Wildman–Crippen MR) is 98.4 cm³/mol. The Morgan fingerprint density at radius 2 is 1.65 bits per heavy atom. The van der Waals surface area contributed by atoms with Crippen molar-refractivity contribution < 1.29 is 4.79 Å². The molecular weight excluding hydrogens is 326 g/mol. The van der Waals surface area contributed by atoms with Crippen molar-refractivity contribution in [3.05, 3.63) is 0 Å². The molecule has 0 spiro atoms. The van der Waals surface area contributed by atoms with Gasteiger partial charge in [0.15, 0.2) is 0 Å². The Balaban J connectivity index is 1.36. The summed E-state index contributed by atoms with van der Waals surface area (Å²) in [5.41, 5.74) is 0.113. The monoisotopic (exact) mass is 355 g/mol. The van der Waals surface area contributed by atoms with E-state index in [1.165, 1.54) is 32.1 Å². The van der Waals surface area contributed by atoms with Crippen molar-refractivity contribution in [2.75, 3.05) is 0 Å². The molecule has 6 heteroatoms. The maximum Gasteiger partial charge on any atom is 0.225 e. The standard InChI is InChI=1S/C17H29N3OS2/c1-9-5-3-4-6-11(9)16(21)20-17-19-13-8-7-12-14(15(13)23-17)22-10(2)18-12/h9-15,17-19H,3-8H2,1-2H3,(H,20,21). The highest BCUT2D eigenvalue weighted by molar-refractivity contribution is 8.04. The Morgan fingerprint density at radius 3 is 2.43 bits per heavy atom. The quantitative estimate of drug-likeness (QED) is 0.711. The van der Waals surface area contributed by atoms with Crippen molar-refractivity contribution in [2.45, 2.75) is 85.8 Å². The number of fused-ring (bicyclic) bond motifs is 3. The molecule has 0 radical (unpaired) electrons. The number of hydrogen-bond acceptors (Lipinski definition) is 5. The molecule has 4 fully saturated rings. The summed E-state index contributed by atoms with van der Waals surface area (Å²) in [7, 11) is 0. The van der Waals surface area contributed by atoms with E-state index in [4.69, 9.17) is 0 Å². The minimum Gasteiger partial charge on any atom is -0.332 e. The largest absolute Gasteiger partial charge is 0.332 e. The maximum absolute atomic E-state index is 12.7. The lowest BCUT2D eigenvalue weighted by molar-refractivity contribution is -0.127. The molecule has 2 saturated heterocycles. The van der Waals surface area contributed by atoms with Gasteiger partial charge in [-0.15, -0.1) is 23.5 Å². The molecule has 2 heterocycles. The Hall–Kier alpha value is 0.0900. The van der Waals surface area contributed by atoms with Crippen LogP contribution in [0.25, 0.3) is 0 Å². The summed E-state index contributed by atoms with van der Waals surface area (Å²) in [4.78, 5) is 12.7. The van der Waals surface area contributed by atoms with Crippen LogP contribution in [0.15, 0.2) is 0 Å². The fraction of sp³-hybridized carbons (Fsp3) is 0.941. The summed E-state index contributed by atoms with van der Waals surface area (Å²) in [6.45, 7) is 4.51. The van der Waals surface area contributed by atoms with Gasteiger partial charge in [-0.2, -0.15) is 0 Å².